The molecule has 0 spiro atoms. The Balaban J connectivity index is 1.90. The highest BCUT2D eigenvalue weighted by atomic mass is 16.2. The summed E-state index contributed by atoms with van der Waals surface area (Å²) in [6.45, 7) is 5.63. The first kappa shape index (κ1) is 13.4. The van der Waals surface area contributed by atoms with Crippen molar-refractivity contribution < 1.29 is 4.79 Å². The molecular weight excluding hydrogens is 250 g/mol. The van der Waals surface area contributed by atoms with Crippen LogP contribution in [0.15, 0.2) is 18.2 Å². The molecule has 0 bridgehead atoms. The number of likely N-dealkylation sites (tertiary alicyclic amines) is 1. The lowest BCUT2D eigenvalue weighted by Crippen LogP contribution is -2.33. The minimum absolute atomic E-state index is 0.138. The van der Waals surface area contributed by atoms with Crippen LogP contribution in [0.3, 0.4) is 0 Å². The van der Waals surface area contributed by atoms with E-state index < -0.39 is 0 Å². The lowest BCUT2D eigenvalue weighted by molar-refractivity contribution is 0.0791. The van der Waals surface area contributed by atoms with Crippen molar-refractivity contribution in [3.05, 3.63) is 29.3 Å². The van der Waals surface area contributed by atoms with E-state index >= 15 is 0 Å². The zero-order chi connectivity index (χ0) is 14.1. The van der Waals surface area contributed by atoms with Gasteiger partial charge in [0.05, 0.1) is 5.56 Å². The predicted octanol–water partition coefficient (Wildman–Crippen LogP) is 1.77. The Labute approximate surface area is 120 Å². The number of benzene rings is 1. The van der Waals surface area contributed by atoms with E-state index in [1.54, 1.807) is 0 Å². The second-order valence-corrected chi connectivity index (χ2v) is 6.01. The number of anilines is 1. The van der Waals surface area contributed by atoms with Crippen LogP contribution < -0.4 is 10.6 Å². The summed E-state index contributed by atoms with van der Waals surface area (Å²) in [6, 6.07) is 6.36. The van der Waals surface area contributed by atoms with Crippen molar-refractivity contribution in [2.45, 2.75) is 32.2 Å². The summed E-state index contributed by atoms with van der Waals surface area (Å²) in [7, 11) is 0. The number of carbonyl (C=O) groups excluding carboxylic acids is 1. The van der Waals surface area contributed by atoms with Crippen molar-refractivity contribution in [2.24, 2.45) is 5.73 Å². The quantitative estimate of drug-likeness (QED) is 0.893. The molecule has 4 nitrogen and oxygen atoms in total. The van der Waals surface area contributed by atoms with Crippen LogP contribution in [0.1, 0.15) is 35.2 Å². The Bertz CT molecular complexity index is 508. The molecular formula is C16H23N3O. The standard InChI is InChI=1S/C16H23N3O/c1-12-4-5-15(18-7-2-3-8-18)14(10-12)16(20)19-9-6-13(17)11-19/h4-5,10,13H,2-3,6-9,11,17H2,1H3/t13-/m0/s1. The van der Waals surface area contributed by atoms with Gasteiger partial charge in [0.2, 0.25) is 0 Å². The van der Waals surface area contributed by atoms with Crippen LogP contribution >= 0.6 is 0 Å². The first-order valence-corrected chi connectivity index (χ1v) is 7.55. The maximum Gasteiger partial charge on any atom is 0.256 e. The van der Waals surface area contributed by atoms with Crippen LogP contribution in [0.25, 0.3) is 0 Å². The molecule has 0 aliphatic carbocycles. The zero-order valence-electron chi connectivity index (χ0n) is 12.1. The fourth-order valence-corrected chi connectivity index (χ4v) is 3.20. The highest BCUT2D eigenvalue weighted by Gasteiger charge is 2.27. The van der Waals surface area contributed by atoms with E-state index in [2.05, 4.69) is 17.0 Å². The Morgan fingerprint density at radius 2 is 2.00 bits per heavy atom. The molecule has 0 saturated carbocycles. The van der Waals surface area contributed by atoms with Crippen molar-refractivity contribution in [2.75, 3.05) is 31.1 Å². The normalized spacial score (nSPS) is 22.6. The number of amides is 1. The Hall–Kier alpha value is -1.55. The molecule has 1 atom stereocenters. The fraction of sp³-hybridized carbons (Fsp3) is 0.562. The Morgan fingerprint density at radius 1 is 1.25 bits per heavy atom. The Kier molecular flexibility index (Phi) is 3.66. The van der Waals surface area contributed by atoms with Crippen LogP contribution in [-0.2, 0) is 0 Å². The van der Waals surface area contributed by atoms with Gasteiger partial charge in [-0.3, -0.25) is 4.79 Å². The molecule has 1 aromatic rings. The van der Waals surface area contributed by atoms with Gasteiger partial charge in [-0.2, -0.15) is 0 Å². The van der Waals surface area contributed by atoms with Crippen molar-refractivity contribution in [1.82, 2.24) is 4.90 Å². The molecule has 3 rings (SSSR count). The molecule has 2 saturated heterocycles. The van der Waals surface area contributed by atoms with Gasteiger partial charge in [0.25, 0.3) is 5.91 Å². The molecule has 0 radical (unpaired) electrons. The lowest BCUT2D eigenvalue weighted by atomic mass is 10.1. The summed E-state index contributed by atoms with van der Waals surface area (Å²) in [6.07, 6.45) is 3.35. The topological polar surface area (TPSA) is 49.6 Å². The van der Waals surface area contributed by atoms with Gasteiger partial charge in [0, 0.05) is 37.9 Å². The molecule has 1 amide bonds. The second-order valence-electron chi connectivity index (χ2n) is 6.01. The summed E-state index contributed by atoms with van der Waals surface area (Å²) in [5, 5.41) is 0. The molecule has 4 heteroatoms. The number of aryl methyl sites for hydroxylation is 1. The summed E-state index contributed by atoms with van der Waals surface area (Å²) in [5.74, 6) is 0.142. The fourth-order valence-electron chi connectivity index (χ4n) is 3.20. The maximum atomic E-state index is 12.8. The molecule has 2 aliphatic heterocycles. The average molecular weight is 273 g/mol. The van der Waals surface area contributed by atoms with Crippen LogP contribution in [0.4, 0.5) is 5.69 Å². The van der Waals surface area contributed by atoms with Gasteiger partial charge < -0.3 is 15.5 Å². The first-order valence-electron chi connectivity index (χ1n) is 7.55. The molecule has 1 aromatic carbocycles. The van der Waals surface area contributed by atoms with Gasteiger partial charge in [-0.15, -0.1) is 0 Å². The number of carbonyl (C=O) groups is 1. The van der Waals surface area contributed by atoms with Crippen LogP contribution in [0, 0.1) is 6.92 Å². The van der Waals surface area contributed by atoms with Crippen molar-refractivity contribution in [3.8, 4) is 0 Å². The first-order chi connectivity index (χ1) is 9.65. The largest absolute Gasteiger partial charge is 0.371 e. The minimum atomic E-state index is 0.138. The summed E-state index contributed by atoms with van der Waals surface area (Å²) >= 11 is 0. The third-order valence-corrected chi connectivity index (χ3v) is 4.34. The van der Waals surface area contributed by atoms with Crippen LogP contribution in [-0.4, -0.2) is 43.0 Å². The average Bonchev–Trinajstić information content (AvgIpc) is 3.09. The third-order valence-electron chi connectivity index (χ3n) is 4.34. The van der Waals surface area contributed by atoms with E-state index in [0.29, 0.717) is 6.54 Å². The molecule has 2 N–H and O–H groups in total. The van der Waals surface area contributed by atoms with Gasteiger partial charge in [0.15, 0.2) is 0 Å². The number of rotatable bonds is 2. The number of hydrogen-bond donors (Lipinski definition) is 1. The van der Waals surface area contributed by atoms with E-state index in [0.717, 1.165) is 42.9 Å². The second kappa shape index (κ2) is 5.44. The van der Waals surface area contributed by atoms with E-state index in [1.165, 1.54) is 12.8 Å². The Morgan fingerprint density at radius 3 is 2.65 bits per heavy atom. The molecule has 0 unspecified atom stereocenters. The van der Waals surface area contributed by atoms with E-state index in [4.69, 9.17) is 5.73 Å². The smallest absolute Gasteiger partial charge is 0.256 e. The lowest BCUT2D eigenvalue weighted by Gasteiger charge is -2.24. The zero-order valence-corrected chi connectivity index (χ0v) is 12.1. The number of nitrogens with two attached hydrogens (primary N) is 1. The van der Waals surface area contributed by atoms with Gasteiger partial charge in [0.1, 0.15) is 0 Å². The van der Waals surface area contributed by atoms with Crippen LogP contribution in [0.5, 0.6) is 0 Å². The highest BCUT2D eigenvalue weighted by Crippen LogP contribution is 2.27. The summed E-state index contributed by atoms with van der Waals surface area (Å²) < 4.78 is 0. The summed E-state index contributed by atoms with van der Waals surface area (Å²) in [4.78, 5) is 17.0. The minimum Gasteiger partial charge on any atom is -0.371 e. The molecule has 2 heterocycles. The maximum absolute atomic E-state index is 12.8. The molecule has 108 valence electrons. The van der Waals surface area contributed by atoms with E-state index in [9.17, 15) is 4.79 Å². The third kappa shape index (κ3) is 2.52. The monoisotopic (exact) mass is 273 g/mol. The molecule has 0 aromatic heterocycles. The predicted molar refractivity (Wildman–Crippen MR) is 81.1 cm³/mol. The van der Waals surface area contributed by atoms with Crippen molar-refractivity contribution in [3.63, 3.8) is 0 Å². The van der Waals surface area contributed by atoms with Crippen LogP contribution in [0.2, 0.25) is 0 Å². The highest BCUT2D eigenvalue weighted by molar-refractivity contribution is 6.00. The van der Waals surface area contributed by atoms with Gasteiger partial charge in [-0.05, 0) is 38.3 Å². The van der Waals surface area contributed by atoms with Gasteiger partial charge in [-0.1, -0.05) is 11.6 Å². The SMILES string of the molecule is Cc1ccc(N2CCCC2)c(C(=O)N2CC[C@H](N)C2)c1. The van der Waals surface area contributed by atoms with Crippen molar-refractivity contribution >= 4 is 11.6 Å². The number of nitrogens with zero attached hydrogens (tertiary/aromatic N) is 2. The van der Waals surface area contributed by atoms with E-state index in [-0.39, 0.29) is 11.9 Å². The summed E-state index contributed by atoms with van der Waals surface area (Å²) in [5.41, 5.74) is 9.01. The van der Waals surface area contributed by atoms with Gasteiger partial charge >= 0.3 is 0 Å². The molecule has 2 fully saturated rings. The molecule has 2 aliphatic rings. The van der Waals surface area contributed by atoms with Gasteiger partial charge in [-0.25, -0.2) is 0 Å². The van der Waals surface area contributed by atoms with Crippen molar-refractivity contribution in [1.29, 1.82) is 0 Å². The van der Waals surface area contributed by atoms with E-state index in [1.807, 2.05) is 17.9 Å². The number of hydrogen-bond acceptors (Lipinski definition) is 3. The molecule has 20 heavy (non-hydrogen) atoms.